The largest absolute Gasteiger partial charge is 0.352 e. The fourth-order valence-electron chi connectivity index (χ4n) is 2.55. The zero-order chi connectivity index (χ0) is 18.4. The van der Waals surface area contributed by atoms with Gasteiger partial charge in [0.2, 0.25) is 5.91 Å². The molecule has 0 aliphatic carbocycles. The smallest absolute Gasteiger partial charge is 0.221 e. The van der Waals surface area contributed by atoms with Crippen LogP contribution >= 0.6 is 0 Å². The van der Waals surface area contributed by atoms with Crippen LogP contribution in [0.1, 0.15) is 12.0 Å². The molecule has 1 heterocycles. The monoisotopic (exact) mass is 369 g/mol. The molecule has 0 unspecified atom stereocenters. The Kier molecular flexibility index (Phi) is 5.48. The highest BCUT2D eigenvalue weighted by atomic mass is 32.2. The van der Waals surface area contributed by atoms with E-state index in [0.717, 1.165) is 11.3 Å². The number of rotatable bonds is 7. The van der Waals surface area contributed by atoms with E-state index in [1.54, 1.807) is 29.1 Å². The van der Waals surface area contributed by atoms with Crippen LogP contribution in [0.2, 0.25) is 0 Å². The van der Waals surface area contributed by atoms with Crippen molar-refractivity contribution in [2.24, 2.45) is 0 Å². The van der Waals surface area contributed by atoms with Crippen LogP contribution in [-0.2, 0) is 21.2 Å². The number of carbonyl (C=O) groups is 1. The molecule has 1 aromatic heterocycles. The maximum absolute atomic E-state index is 12.2. The molecule has 2 aromatic carbocycles. The number of aromatic nitrogens is 2. The van der Waals surface area contributed by atoms with Gasteiger partial charge in [0.05, 0.1) is 16.3 Å². The van der Waals surface area contributed by atoms with E-state index in [-0.39, 0.29) is 23.0 Å². The van der Waals surface area contributed by atoms with Gasteiger partial charge in [-0.15, -0.1) is 0 Å². The number of sulfone groups is 1. The highest BCUT2D eigenvalue weighted by Crippen LogP contribution is 2.14. The van der Waals surface area contributed by atoms with Crippen molar-refractivity contribution in [3.05, 3.63) is 78.6 Å². The Morgan fingerprint density at radius 3 is 2.46 bits per heavy atom. The number of amides is 1. The topological polar surface area (TPSA) is 81.1 Å². The summed E-state index contributed by atoms with van der Waals surface area (Å²) in [6.07, 6.45) is 3.43. The van der Waals surface area contributed by atoms with Gasteiger partial charge in [-0.2, -0.15) is 5.10 Å². The molecule has 6 nitrogen and oxygen atoms in total. The first-order chi connectivity index (χ1) is 12.6. The molecular weight excluding hydrogens is 350 g/mol. The van der Waals surface area contributed by atoms with E-state index in [4.69, 9.17) is 0 Å². The first-order valence-electron chi connectivity index (χ1n) is 8.19. The van der Waals surface area contributed by atoms with Crippen molar-refractivity contribution < 1.29 is 13.2 Å². The Bertz CT molecular complexity index is 968. The van der Waals surface area contributed by atoms with Crippen LogP contribution in [0.4, 0.5) is 0 Å². The summed E-state index contributed by atoms with van der Waals surface area (Å²) in [5, 5.41) is 6.98. The minimum atomic E-state index is -3.46. The summed E-state index contributed by atoms with van der Waals surface area (Å²) in [6, 6.07) is 17.6. The van der Waals surface area contributed by atoms with Crippen LogP contribution < -0.4 is 5.32 Å². The number of nitrogens with one attached hydrogen (secondary N) is 1. The highest BCUT2D eigenvalue weighted by molar-refractivity contribution is 7.91. The fourth-order valence-corrected chi connectivity index (χ4v) is 3.81. The molecule has 1 amide bonds. The molecule has 0 saturated carbocycles. The average Bonchev–Trinajstić information content (AvgIpc) is 3.20. The lowest BCUT2D eigenvalue weighted by atomic mass is 10.1. The van der Waals surface area contributed by atoms with E-state index in [9.17, 15) is 13.2 Å². The van der Waals surface area contributed by atoms with E-state index >= 15 is 0 Å². The normalized spacial score (nSPS) is 11.2. The predicted octanol–water partition coefficient (Wildman–Crippen LogP) is 2.35. The van der Waals surface area contributed by atoms with E-state index in [0.29, 0.717) is 6.54 Å². The molecule has 0 spiro atoms. The maximum atomic E-state index is 12.2. The molecular formula is C19H19N3O3S. The molecule has 26 heavy (non-hydrogen) atoms. The number of hydrogen-bond acceptors (Lipinski definition) is 4. The van der Waals surface area contributed by atoms with E-state index < -0.39 is 9.84 Å². The molecule has 0 fully saturated rings. The van der Waals surface area contributed by atoms with Gasteiger partial charge < -0.3 is 5.32 Å². The number of nitrogens with zero attached hydrogens (tertiary/aromatic N) is 2. The molecule has 3 rings (SSSR count). The summed E-state index contributed by atoms with van der Waals surface area (Å²) >= 11 is 0. The van der Waals surface area contributed by atoms with Crippen molar-refractivity contribution in [3.8, 4) is 5.69 Å². The zero-order valence-corrected chi connectivity index (χ0v) is 14.9. The van der Waals surface area contributed by atoms with Gasteiger partial charge in [0.25, 0.3) is 0 Å². The van der Waals surface area contributed by atoms with Gasteiger partial charge in [-0.05, 0) is 29.8 Å². The molecule has 0 aliphatic rings. The van der Waals surface area contributed by atoms with Gasteiger partial charge >= 0.3 is 0 Å². The minimum absolute atomic E-state index is 0.0822. The van der Waals surface area contributed by atoms with Gasteiger partial charge in [-0.3, -0.25) is 4.79 Å². The average molecular weight is 369 g/mol. The molecule has 3 aromatic rings. The van der Waals surface area contributed by atoms with Gasteiger partial charge in [0.1, 0.15) is 0 Å². The number of hydrogen-bond donors (Lipinski definition) is 1. The van der Waals surface area contributed by atoms with Crippen LogP contribution in [-0.4, -0.2) is 29.9 Å². The van der Waals surface area contributed by atoms with Crippen molar-refractivity contribution in [2.75, 3.05) is 5.75 Å². The molecule has 1 N–H and O–H groups in total. The third kappa shape index (κ3) is 4.37. The second-order valence-electron chi connectivity index (χ2n) is 5.74. The molecule has 7 heteroatoms. The Morgan fingerprint density at radius 1 is 1.00 bits per heavy atom. The zero-order valence-electron chi connectivity index (χ0n) is 14.1. The van der Waals surface area contributed by atoms with Gasteiger partial charge in [-0.25, -0.2) is 13.1 Å². The van der Waals surface area contributed by atoms with Gasteiger partial charge in [-0.1, -0.05) is 36.4 Å². The third-order valence-electron chi connectivity index (χ3n) is 3.92. The van der Waals surface area contributed by atoms with Crippen molar-refractivity contribution in [1.82, 2.24) is 15.1 Å². The van der Waals surface area contributed by atoms with Crippen molar-refractivity contribution in [3.63, 3.8) is 0 Å². The van der Waals surface area contributed by atoms with Crippen LogP contribution in [0.15, 0.2) is 78.0 Å². The quantitative estimate of drug-likeness (QED) is 0.693. The Balaban J connectivity index is 1.59. The second-order valence-corrected chi connectivity index (χ2v) is 7.85. The summed E-state index contributed by atoms with van der Waals surface area (Å²) < 4.78 is 26.2. The summed E-state index contributed by atoms with van der Waals surface area (Å²) in [5.74, 6) is -0.524. The summed E-state index contributed by atoms with van der Waals surface area (Å²) in [7, 11) is -3.46. The van der Waals surface area contributed by atoms with Crippen LogP contribution in [0.3, 0.4) is 0 Å². The molecule has 0 saturated heterocycles. The van der Waals surface area contributed by atoms with Crippen LogP contribution in [0.5, 0.6) is 0 Å². The van der Waals surface area contributed by atoms with Gasteiger partial charge in [0.15, 0.2) is 9.84 Å². The number of benzene rings is 2. The first-order valence-corrected chi connectivity index (χ1v) is 9.84. The number of carbonyl (C=O) groups excluding carboxylic acids is 1. The van der Waals surface area contributed by atoms with E-state index in [1.807, 2.05) is 36.5 Å². The Hall–Kier alpha value is -2.93. The molecule has 0 aliphatic heterocycles. The minimum Gasteiger partial charge on any atom is -0.352 e. The van der Waals surface area contributed by atoms with Crippen molar-refractivity contribution in [1.29, 1.82) is 0 Å². The van der Waals surface area contributed by atoms with E-state index in [1.165, 1.54) is 12.1 Å². The second kappa shape index (κ2) is 7.97. The Labute approximate surface area is 152 Å². The molecule has 0 bridgehead atoms. The highest BCUT2D eigenvalue weighted by Gasteiger charge is 2.16. The van der Waals surface area contributed by atoms with Crippen LogP contribution in [0.25, 0.3) is 5.69 Å². The van der Waals surface area contributed by atoms with Crippen molar-refractivity contribution in [2.45, 2.75) is 17.9 Å². The number of para-hydroxylation sites is 1. The standard InChI is InChI=1S/C19H19N3O3S/c23-19(11-14-26(24,25)17-8-2-1-3-9-17)20-15-16-7-4-5-10-18(16)22-13-6-12-21-22/h1-10,12-13H,11,14-15H2,(H,20,23). The first kappa shape index (κ1) is 17.9. The Morgan fingerprint density at radius 2 is 1.73 bits per heavy atom. The lowest BCUT2D eigenvalue weighted by Crippen LogP contribution is -2.25. The SMILES string of the molecule is O=C(CCS(=O)(=O)c1ccccc1)NCc1ccccc1-n1cccn1. The van der Waals surface area contributed by atoms with Crippen LogP contribution in [0, 0.1) is 0 Å². The van der Waals surface area contributed by atoms with E-state index in [2.05, 4.69) is 10.4 Å². The molecule has 0 radical (unpaired) electrons. The van der Waals surface area contributed by atoms with Gasteiger partial charge in [0, 0.05) is 25.4 Å². The molecule has 0 atom stereocenters. The lowest BCUT2D eigenvalue weighted by Gasteiger charge is -2.11. The fraction of sp³-hybridized carbons (Fsp3) is 0.158. The van der Waals surface area contributed by atoms with Crippen molar-refractivity contribution >= 4 is 15.7 Å². The molecule has 134 valence electrons. The predicted molar refractivity (Wildman–Crippen MR) is 98.5 cm³/mol. The summed E-state index contributed by atoms with van der Waals surface area (Å²) in [5.41, 5.74) is 1.77. The summed E-state index contributed by atoms with van der Waals surface area (Å²) in [6.45, 7) is 0.306. The maximum Gasteiger partial charge on any atom is 0.221 e. The summed E-state index contributed by atoms with van der Waals surface area (Å²) in [4.78, 5) is 12.3. The third-order valence-corrected chi connectivity index (χ3v) is 5.65. The lowest BCUT2D eigenvalue weighted by molar-refractivity contribution is -0.120.